The molecule has 6 heteroatoms. The van der Waals surface area contributed by atoms with Crippen molar-refractivity contribution in [2.45, 2.75) is 19.5 Å². The van der Waals surface area contributed by atoms with E-state index in [0.29, 0.717) is 16.5 Å². The van der Waals surface area contributed by atoms with E-state index in [2.05, 4.69) is 4.99 Å². The predicted molar refractivity (Wildman–Crippen MR) is 104 cm³/mol. The zero-order chi connectivity index (χ0) is 18.5. The lowest BCUT2D eigenvalue weighted by molar-refractivity contribution is -0.692. The molecule has 0 saturated carbocycles. The number of hydrogen-bond donors (Lipinski definition) is 0. The van der Waals surface area contributed by atoms with E-state index in [1.807, 2.05) is 42.9 Å². The van der Waals surface area contributed by atoms with Crippen LogP contribution in [0, 0.1) is 12.7 Å². The Bertz CT molecular complexity index is 921. The molecule has 3 aromatic rings. The minimum absolute atomic E-state index is 0.0801. The highest BCUT2D eigenvalue weighted by Gasteiger charge is 2.29. The van der Waals surface area contributed by atoms with Crippen LogP contribution in [0.4, 0.5) is 4.39 Å². The third-order valence-electron chi connectivity index (χ3n) is 3.85. The number of Topliss-reactive ketones (excluding diaryl/α,β-unsaturated/α-hetero) is 1. The standard InChI is InChI=1S/C20H17FN2OS2/c1-14-4-2-10-23(13-14)18(19(24)17-5-3-11-26-17)20(25)22-12-15-6-8-16(21)9-7-15/h2-11,13,18H,12H2,1H3/t18-/m0/s1. The lowest BCUT2D eigenvalue weighted by Crippen LogP contribution is -2.47. The van der Waals surface area contributed by atoms with Crippen molar-refractivity contribution in [3.05, 3.63) is 88.1 Å². The largest absolute Gasteiger partial charge is 0.758 e. The van der Waals surface area contributed by atoms with Gasteiger partial charge in [-0.2, -0.15) is 4.57 Å². The lowest BCUT2D eigenvalue weighted by Gasteiger charge is -2.18. The van der Waals surface area contributed by atoms with Crippen LogP contribution in [0.1, 0.15) is 26.8 Å². The molecule has 0 fully saturated rings. The van der Waals surface area contributed by atoms with E-state index in [9.17, 15) is 9.18 Å². The van der Waals surface area contributed by atoms with Crippen LogP contribution in [-0.2, 0) is 19.2 Å². The van der Waals surface area contributed by atoms with Crippen LogP contribution < -0.4 is 4.57 Å². The van der Waals surface area contributed by atoms with Gasteiger partial charge in [0.1, 0.15) is 5.82 Å². The molecule has 132 valence electrons. The minimum atomic E-state index is -0.677. The Hall–Kier alpha value is -2.44. The third-order valence-corrected chi connectivity index (χ3v) is 5.08. The fraction of sp³-hybridized carbons (Fsp3) is 0.150. The molecule has 2 aromatic heterocycles. The number of benzene rings is 1. The number of thiophene rings is 1. The second-order valence-electron chi connectivity index (χ2n) is 5.85. The first-order valence-corrected chi connectivity index (χ1v) is 9.34. The summed E-state index contributed by atoms with van der Waals surface area (Å²) in [5.41, 5.74) is 1.86. The summed E-state index contributed by atoms with van der Waals surface area (Å²) in [5, 5.41) is 2.17. The van der Waals surface area contributed by atoms with Gasteiger partial charge in [-0.05, 0) is 47.2 Å². The first-order valence-electron chi connectivity index (χ1n) is 8.05. The van der Waals surface area contributed by atoms with Crippen LogP contribution >= 0.6 is 11.3 Å². The predicted octanol–water partition coefficient (Wildman–Crippen LogP) is 4.05. The number of aryl methyl sites for hydroxylation is 1. The molecule has 0 radical (unpaired) electrons. The topological polar surface area (TPSA) is 33.3 Å². The minimum Gasteiger partial charge on any atom is -0.758 e. The smallest absolute Gasteiger partial charge is 0.244 e. The van der Waals surface area contributed by atoms with E-state index in [0.717, 1.165) is 11.1 Å². The number of aliphatic imine (C=N–C) groups is 1. The number of pyridine rings is 1. The normalized spacial score (nSPS) is 12.8. The Morgan fingerprint density at radius 1 is 1.23 bits per heavy atom. The molecule has 0 spiro atoms. The van der Waals surface area contributed by atoms with Gasteiger partial charge in [0, 0.05) is 11.6 Å². The van der Waals surface area contributed by atoms with Gasteiger partial charge in [-0.1, -0.05) is 18.2 Å². The fourth-order valence-electron chi connectivity index (χ4n) is 2.55. The Morgan fingerprint density at radius 3 is 2.65 bits per heavy atom. The second-order valence-corrected chi connectivity index (χ2v) is 7.22. The maximum Gasteiger partial charge on any atom is 0.244 e. The second kappa shape index (κ2) is 8.29. The molecular formula is C20H17FN2OS2. The summed E-state index contributed by atoms with van der Waals surface area (Å²) in [5.74, 6) is -0.374. The average molecular weight is 385 g/mol. The van der Waals surface area contributed by atoms with E-state index >= 15 is 0 Å². The van der Waals surface area contributed by atoms with E-state index in [1.54, 1.807) is 22.8 Å². The Balaban J connectivity index is 1.92. The molecule has 0 aliphatic rings. The van der Waals surface area contributed by atoms with Gasteiger partial charge in [0.15, 0.2) is 12.4 Å². The van der Waals surface area contributed by atoms with Crippen LogP contribution in [0.3, 0.4) is 0 Å². The zero-order valence-corrected chi connectivity index (χ0v) is 15.8. The van der Waals surface area contributed by atoms with Crippen LogP contribution in [0.15, 0.2) is 71.3 Å². The van der Waals surface area contributed by atoms with Gasteiger partial charge in [-0.25, -0.2) is 4.39 Å². The van der Waals surface area contributed by atoms with Gasteiger partial charge in [0.25, 0.3) is 0 Å². The summed E-state index contributed by atoms with van der Waals surface area (Å²) >= 11 is 6.88. The van der Waals surface area contributed by atoms with Gasteiger partial charge < -0.3 is 17.6 Å². The summed E-state index contributed by atoms with van der Waals surface area (Å²) < 4.78 is 14.8. The molecule has 1 atom stereocenters. The van der Waals surface area contributed by atoms with E-state index in [-0.39, 0.29) is 11.6 Å². The van der Waals surface area contributed by atoms with Gasteiger partial charge >= 0.3 is 0 Å². The van der Waals surface area contributed by atoms with E-state index in [4.69, 9.17) is 12.6 Å². The number of halogens is 1. The maximum absolute atomic E-state index is 13.0. The Kier molecular flexibility index (Phi) is 5.85. The summed E-state index contributed by atoms with van der Waals surface area (Å²) in [6, 6.07) is 12.9. The highest BCUT2D eigenvalue weighted by molar-refractivity contribution is 7.77. The van der Waals surface area contributed by atoms with E-state index in [1.165, 1.54) is 23.5 Å². The molecule has 0 aliphatic heterocycles. The Morgan fingerprint density at radius 2 is 2.00 bits per heavy atom. The highest BCUT2D eigenvalue weighted by Crippen LogP contribution is 2.17. The summed E-state index contributed by atoms with van der Waals surface area (Å²) in [6.45, 7) is 2.27. The average Bonchev–Trinajstić information content (AvgIpc) is 3.16. The molecule has 26 heavy (non-hydrogen) atoms. The van der Waals surface area contributed by atoms with Crippen molar-refractivity contribution in [3.8, 4) is 0 Å². The summed E-state index contributed by atoms with van der Waals surface area (Å²) in [6.07, 6.45) is 3.71. The maximum atomic E-state index is 13.0. The number of rotatable bonds is 6. The number of carbonyl (C=O) groups is 1. The van der Waals surface area contributed by atoms with Gasteiger partial charge in [-0.15, -0.1) is 11.3 Å². The number of carbonyl (C=O) groups excluding carboxylic acids is 1. The van der Waals surface area contributed by atoms with Crippen molar-refractivity contribution >= 4 is 34.8 Å². The fourth-order valence-corrected chi connectivity index (χ4v) is 3.53. The molecule has 3 nitrogen and oxygen atoms in total. The van der Waals surface area contributed by atoms with Crippen molar-refractivity contribution < 1.29 is 13.8 Å². The number of hydrogen-bond acceptors (Lipinski definition) is 4. The lowest BCUT2D eigenvalue weighted by atomic mass is 10.1. The van der Waals surface area contributed by atoms with Crippen molar-refractivity contribution in [1.29, 1.82) is 0 Å². The van der Waals surface area contributed by atoms with Crippen LogP contribution in [0.5, 0.6) is 0 Å². The molecule has 0 aliphatic carbocycles. The van der Waals surface area contributed by atoms with E-state index < -0.39 is 6.04 Å². The summed E-state index contributed by atoms with van der Waals surface area (Å²) in [7, 11) is 0. The summed E-state index contributed by atoms with van der Waals surface area (Å²) in [4.78, 5) is 18.1. The Labute approximate surface area is 161 Å². The SMILES string of the molecule is Cc1ccc[n+]([C@@H](C(=O)c2cccs2)C([S-])=NCc2ccc(F)cc2)c1. The van der Waals surface area contributed by atoms with Crippen LogP contribution in [0.2, 0.25) is 0 Å². The molecule has 1 aromatic carbocycles. The first kappa shape index (κ1) is 18.4. The molecule has 3 rings (SSSR count). The van der Waals surface area contributed by atoms with Crippen molar-refractivity contribution in [2.75, 3.05) is 0 Å². The quantitative estimate of drug-likeness (QED) is 0.211. The highest BCUT2D eigenvalue weighted by atomic mass is 32.1. The first-order chi connectivity index (χ1) is 12.5. The molecular weight excluding hydrogens is 367 g/mol. The molecule has 2 heterocycles. The number of ketones is 1. The van der Waals surface area contributed by atoms with Gasteiger partial charge in [0.05, 0.1) is 11.4 Å². The number of aromatic nitrogens is 1. The van der Waals surface area contributed by atoms with Crippen LogP contribution in [0.25, 0.3) is 0 Å². The monoisotopic (exact) mass is 384 g/mol. The van der Waals surface area contributed by atoms with Crippen molar-refractivity contribution in [2.24, 2.45) is 4.99 Å². The molecule has 0 bridgehead atoms. The third kappa shape index (κ3) is 4.39. The van der Waals surface area contributed by atoms with Gasteiger partial charge in [-0.3, -0.25) is 4.79 Å². The molecule has 0 unspecified atom stereocenters. The molecule has 0 saturated heterocycles. The van der Waals surface area contributed by atoms with Crippen molar-refractivity contribution in [3.63, 3.8) is 0 Å². The van der Waals surface area contributed by atoms with Crippen molar-refractivity contribution in [1.82, 2.24) is 0 Å². The van der Waals surface area contributed by atoms with Gasteiger partial charge in [0.2, 0.25) is 11.8 Å². The van der Waals surface area contributed by atoms with Crippen LogP contribution in [-0.4, -0.2) is 10.8 Å². The number of nitrogens with zero attached hydrogens (tertiary/aromatic N) is 2. The molecule has 0 N–H and O–H groups in total. The molecule has 0 amide bonds. The zero-order valence-electron chi connectivity index (χ0n) is 14.1.